The topological polar surface area (TPSA) is 18.5 Å². The highest BCUT2D eigenvalue weighted by Crippen LogP contribution is 2.36. The molecule has 0 aliphatic carbocycles. The Bertz CT molecular complexity index is 545. The molecule has 0 radical (unpaired) electrons. The lowest BCUT2D eigenvalue weighted by molar-refractivity contribution is -0.284. The highest BCUT2D eigenvalue weighted by Gasteiger charge is 2.38. The summed E-state index contributed by atoms with van der Waals surface area (Å²) < 4.78 is 12.9. The van der Waals surface area contributed by atoms with Crippen molar-refractivity contribution in [2.24, 2.45) is 5.41 Å². The molecule has 2 rings (SSSR count). The standard InChI is InChI=1S/C18H21IO2/c1-4-11-18(13-20-17(2,3)21-14-18)12-7-9-15-8-5-6-10-16(15)19/h1,5-10H,11-14H2,2-3H3/b9-7+. The van der Waals surface area contributed by atoms with Crippen LogP contribution in [-0.4, -0.2) is 19.0 Å². The second-order valence-electron chi connectivity index (χ2n) is 5.99. The summed E-state index contributed by atoms with van der Waals surface area (Å²) in [5.41, 5.74) is 1.12. The van der Waals surface area contributed by atoms with Gasteiger partial charge in [-0.1, -0.05) is 30.4 Å². The molecule has 0 unspecified atom stereocenters. The number of benzene rings is 1. The summed E-state index contributed by atoms with van der Waals surface area (Å²) >= 11 is 2.35. The average Bonchev–Trinajstić information content (AvgIpc) is 2.45. The summed E-state index contributed by atoms with van der Waals surface area (Å²) in [5.74, 6) is 2.27. The van der Waals surface area contributed by atoms with Crippen LogP contribution in [0.2, 0.25) is 0 Å². The Morgan fingerprint density at radius 3 is 2.57 bits per heavy atom. The summed E-state index contributed by atoms with van der Waals surface area (Å²) in [5, 5.41) is 0. The Kier molecular flexibility index (Phi) is 5.48. The molecular formula is C18H21IO2. The van der Waals surface area contributed by atoms with Gasteiger partial charge in [0.15, 0.2) is 5.79 Å². The van der Waals surface area contributed by atoms with E-state index < -0.39 is 5.79 Å². The number of hydrogen-bond donors (Lipinski definition) is 0. The van der Waals surface area contributed by atoms with Crippen molar-refractivity contribution in [2.45, 2.75) is 32.5 Å². The molecule has 0 spiro atoms. The zero-order chi connectivity index (χ0) is 15.3. The summed E-state index contributed by atoms with van der Waals surface area (Å²) in [4.78, 5) is 0. The SMILES string of the molecule is C#CCC1(C/C=C/c2ccccc2I)COC(C)(C)OC1. The molecule has 2 nitrogen and oxygen atoms in total. The number of halogens is 1. The molecule has 1 aliphatic rings. The maximum absolute atomic E-state index is 5.81. The van der Waals surface area contributed by atoms with Crippen LogP contribution in [0, 0.1) is 21.3 Å². The summed E-state index contributed by atoms with van der Waals surface area (Å²) in [6.45, 7) is 5.16. The fraction of sp³-hybridized carbons (Fsp3) is 0.444. The number of rotatable bonds is 4. The van der Waals surface area contributed by atoms with Crippen LogP contribution in [0.25, 0.3) is 6.08 Å². The van der Waals surface area contributed by atoms with E-state index in [0.717, 1.165) is 6.42 Å². The molecule has 1 aromatic rings. The minimum atomic E-state index is -0.503. The Morgan fingerprint density at radius 2 is 1.95 bits per heavy atom. The van der Waals surface area contributed by atoms with Crippen LogP contribution in [0.15, 0.2) is 30.3 Å². The third kappa shape index (κ3) is 4.57. The Hall–Kier alpha value is -0.830. The monoisotopic (exact) mass is 396 g/mol. The van der Waals surface area contributed by atoms with E-state index in [-0.39, 0.29) is 5.41 Å². The third-order valence-electron chi connectivity index (χ3n) is 3.68. The van der Waals surface area contributed by atoms with Gasteiger partial charge in [0, 0.05) is 15.4 Å². The molecule has 1 fully saturated rings. The zero-order valence-electron chi connectivity index (χ0n) is 12.6. The van der Waals surface area contributed by atoms with Crippen molar-refractivity contribution in [3.8, 4) is 12.3 Å². The lowest BCUT2D eigenvalue weighted by Gasteiger charge is -2.42. The fourth-order valence-corrected chi connectivity index (χ4v) is 2.86. The fourth-order valence-electron chi connectivity index (χ4n) is 2.29. The van der Waals surface area contributed by atoms with Crippen LogP contribution in [0.4, 0.5) is 0 Å². The van der Waals surface area contributed by atoms with Crippen LogP contribution in [0.5, 0.6) is 0 Å². The molecule has 1 aromatic carbocycles. The largest absolute Gasteiger partial charge is 0.350 e. The molecule has 0 atom stereocenters. The highest BCUT2D eigenvalue weighted by molar-refractivity contribution is 14.1. The van der Waals surface area contributed by atoms with Gasteiger partial charge in [0.25, 0.3) is 0 Å². The maximum Gasteiger partial charge on any atom is 0.162 e. The second kappa shape index (κ2) is 6.95. The summed E-state index contributed by atoms with van der Waals surface area (Å²) in [6, 6.07) is 8.31. The number of ether oxygens (including phenoxy) is 2. The number of terminal acetylenes is 1. The van der Waals surface area contributed by atoms with E-state index >= 15 is 0 Å². The molecule has 1 saturated heterocycles. The molecule has 0 N–H and O–H groups in total. The van der Waals surface area contributed by atoms with Gasteiger partial charge < -0.3 is 9.47 Å². The molecule has 3 heteroatoms. The van der Waals surface area contributed by atoms with Gasteiger partial charge in [0.05, 0.1) is 13.2 Å². The Morgan fingerprint density at radius 1 is 1.29 bits per heavy atom. The van der Waals surface area contributed by atoms with E-state index in [2.05, 4.69) is 52.8 Å². The smallest absolute Gasteiger partial charge is 0.162 e. The molecule has 1 heterocycles. The van der Waals surface area contributed by atoms with E-state index in [9.17, 15) is 0 Å². The van der Waals surface area contributed by atoms with E-state index in [1.165, 1.54) is 9.13 Å². The zero-order valence-corrected chi connectivity index (χ0v) is 14.7. The minimum absolute atomic E-state index is 0.110. The van der Waals surface area contributed by atoms with Gasteiger partial charge in [-0.3, -0.25) is 0 Å². The first-order valence-electron chi connectivity index (χ1n) is 7.09. The van der Waals surface area contributed by atoms with Gasteiger partial charge in [-0.25, -0.2) is 0 Å². The van der Waals surface area contributed by atoms with Crippen molar-refractivity contribution >= 4 is 28.7 Å². The van der Waals surface area contributed by atoms with Crippen LogP contribution in [0.3, 0.4) is 0 Å². The number of hydrogen-bond acceptors (Lipinski definition) is 2. The molecular weight excluding hydrogens is 375 g/mol. The molecule has 21 heavy (non-hydrogen) atoms. The molecule has 0 bridgehead atoms. The Labute approximate surface area is 141 Å². The van der Waals surface area contributed by atoms with Gasteiger partial charge in [0.2, 0.25) is 0 Å². The van der Waals surface area contributed by atoms with Crippen molar-refractivity contribution < 1.29 is 9.47 Å². The number of allylic oxidation sites excluding steroid dienone is 1. The van der Waals surface area contributed by atoms with Gasteiger partial charge in [-0.05, 0) is 54.5 Å². The van der Waals surface area contributed by atoms with Gasteiger partial charge in [0.1, 0.15) is 0 Å². The molecule has 112 valence electrons. The van der Waals surface area contributed by atoms with Gasteiger partial charge >= 0.3 is 0 Å². The molecule has 0 aromatic heterocycles. The summed E-state index contributed by atoms with van der Waals surface area (Å²) in [6.07, 6.45) is 11.4. The van der Waals surface area contributed by atoms with Crippen molar-refractivity contribution in [1.82, 2.24) is 0 Å². The molecule has 0 saturated carbocycles. The van der Waals surface area contributed by atoms with Crippen LogP contribution in [-0.2, 0) is 9.47 Å². The molecule has 0 amide bonds. The first kappa shape index (κ1) is 16.5. The van der Waals surface area contributed by atoms with E-state index in [4.69, 9.17) is 15.9 Å². The first-order chi connectivity index (χ1) is 9.96. The second-order valence-corrected chi connectivity index (χ2v) is 7.15. The van der Waals surface area contributed by atoms with Crippen molar-refractivity contribution in [1.29, 1.82) is 0 Å². The van der Waals surface area contributed by atoms with Crippen molar-refractivity contribution in [3.05, 3.63) is 39.5 Å². The quantitative estimate of drug-likeness (QED) is 0.552. The lowest BCUT2D eigenvalue weighted by atomic mass is 9.82. The predicted octanol–water partition coefficient (Wildman–Crippen LogP) is 4.49. The van der Waals surface area contributed by atoms with Crippen LogP contribution < -0.4 is 0 Å². The van der Waals surface area contributed by atoms with E-state index in [1.807, 2.05) is 26.0 Å². The van der Waals surface area contributed by atoms with Crippen molar-refractivity contribution in [2.75, 3.05) is 13.2 Å². The lowest BCUT2D eigenvalue weighted by Crippen LogP contribution is -2.46. The highest BCUT2D eigenvalue weighted by atomic mass is 127. The van der Waals surface area contributed by atoms with Crippen LogP contribution >= 0.6 is 22.6 Å². The van der Waals surface area contributed by atoms with Gasteiger partial charge in [-0.15, -0.1) is 12.3 Å². The maximum atomic E-state index is 5.81. The third-order valence-corrected chi connectivity index (χ3v) is 4.66. The van der Waals surface area contributed by atoms with Gasteiger partial charge in [-0.2, -0.15) is 0 Å². The first-order valence-corrected chi connectivity index (χ1v) is 8.17. The normalized spacial score (nSPS) is 20.3. The van der Waals surface area contributed by atoms with E-state index in [1.54, 1.807) is 0 Å². The Balaban J connectivity index is 2.05. The average molecular weight is 396 g/mol. The predicted molar refractivity (Wildman–Crippen MR) is 94.7 cm³/mol. The van der Waals surface area contributed by atoms with Crippen LogP contribution in [0.1, 0.15) is 32.3 Å². The molecule has 1 aliphatic heterocycles. The summed E-state index contributed by atoms with van der Waals surface area (Å²) in [7, 11) is 0. The van der Waals surface area contributed by atoms with Crippen molar-refractivity contribution in [3.63, 3.8) is 0 Å². The minimum Gasteiger partial charge on any atom is -0.350 e. The van der Waals surface area contributed by atoms with E-state index in [0.29, 0.717) is 19.6 Å².